The largest absolute Gasteiger partial charge is 0.348 e. The Morgan fingerprint density at radius 2 is 2.14 bits per heavy atom. The summed E-state index contributed by atoms with van der Waals surface area (Å²) < 4.78 is 23.3. The number of fused-ring (bicyclic) bond motifs is 1. The number of halogens is 1. The van der Waals surface area contributed by atoms with Gasteiger partial charge in [0.05, 0.1) is 28.3 Å². The maximum Gasteiger partial charge on any atom is 0.251 e. The number of sulfone groups is 1. The molecule has 7 nitrogen and oxygen atoms in total. The first-order valence-corrected chi connectivity index (χ1v) is 11.7. The summed E-state index contributed by atoms with van der Waals surface area (Å²) in [5.41, 5.74) is 1.92. The topological polar surface area (TPSA) is 101 Å². The van der Waals surface area contributed by atoms with Crippen molar-refractivity contribution < 1.29 is 13.2 Å². The lowest BCUT2D eigenvalue weighted by molar-refractivity contribution is 0.0951. The zero-order chi connectivity index (χ0) is 19.7. The zero-order valence-corrected chi connectivity index (χ0v) is 17.0. The van der Waals surface area contributed by atoms with Crippen LogP contribution < -0.4 is 10.6 Å². The van der Waals surface area contributed by atoms with E-state index < -0.39 is 9.84 Å². The minimum atomic E-state index is -3.00. The predicted molar refractivity (Wildman–Crippen MR) is 112 cm³/mol. The highest BCUT2D eigenvalue weighted by atomic mass is 35.5. The molecule has 2 aliphatic rings. The SMILES string of the molecule is O=C(NCc1cccnc1)c1ccc(Cl)c(NC2=N[C@H]3CS(=O)(=O)C[C@H]3S2)c1. The highest BCUT2D eigenvalue weighted by Crippen LogP contribution is 2.35. The number of hydrogen-bond donors (Lipinski definition) is 2. The van der Waals surface area contributed by atoms with Gasteiger partial charge < -0.3 is 10.6 Å². The number of amidine groups is 1. The van der Waals surface area contributed by atoms with Crippen LogP contribution in [0.4, 0.5) is 5.69 Å². The third-order valence-corrected chi connectivity index (χ3v) is 7.94. The first kappa shape index (κ1) is 19.2. The van der Waals surface area contributed by atoms with E-state index in [1.165, 1.54) is 11.8 Å². The van der Waals surface area contributed by atoms with Gasteiger partial charge in [0.1, 0.15) is 0 Å². The summed E-state index contributed by atoms with van der Waals surface area (Å²) >= 11 is 7.66. The molecule has 10 heteroatoms. The van der Waals surface area contributed by atoms with Crippen LogP contribution in [-0.2, 0) is 16.4 Å². The number of carbonyl (C=O) groups excluding carboxylic acids is 1. The van der Waals surface area contributed by atoms with Crippen molar-refractivity contribution in [2.45, 2.75) is 17.8 Å². The monoisotopic (exact) mass is 436 g/mol. The van der Waals surface area contributed by atoms with Crippen LogP contribution in [0.25, 0.3) is 0 Å². The van der Waals surface area contributed by atoms with Crippen molar-refractivity contribution in [2.75, 3.05) is 16.8 Å². The van der Waals surface area contributed by atoms with E-state index in [1.807, 2.05) is 12.1 Å². The average Bonchev–Trinajstić information content (AvgIpc) is 3.15. The fourth-order valence-electron chi connectivity index (χ4n) is 3.08. The van der Waals surface area contributed by atoms with E-state index in [2.05, 4.69) is 20.6 Å². The van der Waals surface area contributed by atoms with Gasteiger partial charge in [0, 0.05) is 29.8 Å². The summed E-state index contributed by atoms with van der Waals surface area (Å²) in [5.74, 6) is -0.00501. The Balaban J connectivity index is 1.43. The van der Waals surface area contributed by atoms with Gasteiger partial charge in [0.2, 0.25) is 0 Å². The first-order valence-electron chi connectivity index (χ1n) is 8.58. The Morgan fingerprint density at radius 3 is 2.89 bits per heavy atom. The van der Waals surface area contributed by atoms with E-state index in [0.29, 0.717) is 28.0 Å². The van der Waals surface area contributed by atoms with Crippen molar-refractivity contribution in [3.05, 3.63) is 58.9 Å². The minimum absolute atomic E-state index is 0.0581. The molecule has 1 aromatic carbocycles. The Hall–Kier alpha value is -2.10. The number of rotatable bonds is 4. The molecule has 0 unspecified atom stereocenters. The minimum Gasteiger partial charge on any atom is -0.348 e. The summed E-state index contributed by atoms with van der Waals surface area (Å²) in [4.78, 5) is 20.9. The molecule has 2 aliphatic heterocycles. The fourth-order valence-corrected chi connectivity index (χ4v) is 6.91. The van der Waals surface area contributed by atoms with Crippen molar-refractivity contribution in [1.29, 1.82) is 0 Å². The van der Waals surface area contributed by atoms with Gasteiger partial charge in [-0.25, -0.2) is 8.42 Å². The van der Waals surface area contributed by atoms with Gasteiger partial charge in [-0.15, -0.1) is 0 Å². The summed E-state index contributed by atoms with van der Waals surface area (Å²) in [6, 6.07) is 8.43. The van der Waals surface area contributed by atoms with Crippen LogP contribution in [-0.4, -0.2) is 47.3 Å². The maximum absolute atomic E-state index is 12.4. The highest BCUT2D eigenvalue weighted by Gasteiger charge is 2.42. The normalized spacial score (nSPS) is 22.4. The molecule has 1 amide bonds. The Bertz CT molecular complexity index is 1040. The molecule has 0 spiro atoms. The van der Waals surface area contributed by atoms with Crippen molar-refractivity contribution in [3.63, 3.8) is 0 Å². The number of nitrogens with one attached hydrogen (secondary N) is 2. The second-order valence-corrected chi connectivity index (χ2v) is 10.4. The number of aromatic nitrogens is 1. The maximum atomic E-state index is 12.4. The molecule has 1 fully saturated rings. The third-order valence-electron chi connectivity index (χ3n) is 4.46. The second kappa shape index (κ2) is 7.73. The van der Waals surface area contributed by atoms with Gasteiger partial charge in [-0.1, -0.05) is 29.4 Å². The number of hydrogen-bond acceptors (Lipinski definition) is 7. The summed E-state index contributed by atoms with van der Waals surface area (Å²) in [5, 5.41) is 7.00. The van der Waals surface area contributed by atoms with E-state index in [9.17, 15) is 13.2 Å². The number of amides is 1. The summed E-state index contributed by atoms with van der Waals surface area (Å²) in [7, 11) is -3.00. The van der Waals surface area contributed by atoms with Crippen LogP contribution in [0.2, 0.25) is 5.02 Å². The molecule has 4 rings (SSSR count). The molecule has 0 saturated carbocycles. The van der Waals surface area contributed by atoms with Crippen LogP contribution in [0.15, 0.2) is 47.7 Å². The first-order chi connectivity index (χ1) is 13.4. The number of aliphatic imine (C=N–C) groups is 1. The molecule has 0 aliphatic carbocycles. The van der Waals surface area contributed by atoms with Gasteiger partial charge in [-0.05, 0) is 29.8 Å². The van der Waals surface area contributed by atoms with Crippen LogP contribution in [0.3, 0.4) is 0 Å². The molecule has 146 valence electrons. The molecular formula is C18H17ClN4O3S2. The molecule has 0 bridgehead atoms. The molecule has 2 N–H and O–H groups in total. The number of anilines is 1. The molecular weight excluding hydrogens is 420 g/mol. The number of thioether (sulfide) groups is 1. The number of benzene rings is 1. The van der Waals surface area contributed by atoms with Gasteiger partial charge in [-0.2, -0.15) is 0 Å². The Labute approximate surface area is 171 Å². The Kier molecular flexibility index (Phi) is 5.31. The summed E-state index contributed by atoms with van der Waals surface area (Å²) in [6.07, 6.45) is 3.37. The average molecular weight is 437 g/mol. The van der Waals surface area contributed by atoms with Crippen molar-refractivity contribution >= 4 is 50.0 Å². The Morgan fingerprint density at radius 1 is 1.29 bits per heavy atom. The predicted octanol–water partition coefficient (Wildman–Crippen LogP) is 2.35. The van der Waals surface area contributed by atoms with Crippen LogP contribution in [0, 0.1) is 0 Å². The molecule has 28 heavy (non-hydrogen) atoms. The molecule has 3 heterocycles. The van der Waals surface area contributed by atoms with Crippen LogP contribution in [0.5, 0.6) is 0 Å². The lowest BCUT2D eigenvalue weighted by Crippen LogP contribution is -2.23. The lowest BCUT2D eigenvalue weighted by atomic mass is 10.2. The lowest BCUT2D eigenvalue weighted by Gasteiger charge is -2.11. The van der Waals surface area contributed by atoms with E-state index in [4.69, 9.17) is 11.6 Å². The van der Waals surface area contributed by atoms with Gasteiger partial charge in [-0.3, -0.25) is 14.8 Å². The zero-order valence-electron chi connectivity index (χ0n) is 14.6. The molecule has 1 saturated heterocycles. The number of nitrogens with zero attached hydrogens (tertiary/aromatic N) is 2. The molecule has 2 aromatic rings. The van der Waals surface area contributed by atoms with E-state index in [1.54, 1.807) is 30.6 Å². The van der Waals surface area contributed by atoms with Gasteiger partial charge in [0.15, 0.2) is 15.0 Å². The number of carbonyl (C=O) groups is 1. The molecule has 1 aromatic heterocycles. The van der Waals surface area contributed by atoms with Crippen LogP contribution >= 0.6 is 23.4 Å². The van der Waals surface area contributed by atoms with E-state index in [-0.39, 0.29) is 28.7 Å². The highest BCUT2D eigenvalue weighted by molar-refractivity contribution is 8.15. The van der Waals surface area contributed by atoms with Gasteiger partial charge >= 0.3 is 0 Å². The standard InChI is InChI=1S/C18H17ClN4O3S2/c19-13-4-3-12(17(24)21-8-11-2-1-5-20-7-11)6-14(13)22-18-23-15-9-28(25,26)10-16(15)27-18/h1-7,15-16H,8-10H2,(H,21,24)(H,22,23)/t15-,16+/m0/s1. The quantitative estimate of drug-likeness (QED) is 0.763. The molecule has 2 atom stereocenters. The van der Waals surface area contributed by atoms with Crippen molar-refractivity contribution in [2.24, 2.45) is 4.99 Å². The van der Waals surface area contributed by atoms with Gasteiger partial charge in [0.25, 0.3) is 5.91 Å². The molecule has 0 radical (unpaired) electrons. The number of pyridine rings is 1. The van der Waals surface area contributed by atoms with E-state index in [0.717, 1.165) is 5.56 Å². The second-order valence-electron chi connectivity index (χ2n) is 6.60. The van der Waals surface area contributed by atoms with E-state index >= 15 is 0 Å². The smallest absolute Gasteiger partial charge is 0.251 e. The fraction of sp³-hybridized carbons (Fsp3) is 0.278. The summed E-state index contributed by atoms with van der Waals surface area (Å²) in [6.45, 7) is 0.373. The van der Waals surface area contributed by atoms with Crippen LogP contribution in [0.1, 0.15) is 15.9 Å². The van der Waals surface area contributed by atoms with Crippen molar-refractivity contribution in [3.8, 4) is 0 Å². The third kappa shape index (κ3) is 4.31. The van der Waals surface area contributed by atoms with Crippen molar-refractivity contribution in [1.82, 2.24) is 10.3 Å².